The van der Waals surface area contributed by atoms with Crippen LogP contribution in [0.3, 0.4) is 0 Å². The van der Waals surface area contributed by atoms with Crippen LogP contribution < -0.4 is 4.90 Å². The van der Waals surface area contributed by atoms with Crippen LogP contribution in [0.25, 0.3) is 11.0 Å². The van der Waals surface area contributed by atoms with Gasteiger partial charge in [0.1, 0.15) is 0 Å². The predicted molar refractivity (Wildman–Crippen MR) is 120 cm³/mol. The zero-order chi connectivity index (χ0) is 20.9. The molecule has 29 heavy (non-hydrogen) atoms. The van der Waals surface area contributed by atoms with Crippen LogP contribution in [0.5, 0.6) is 0 Å². The average molecular weight is 429 g/mol. The molecule has 0 radical (unpaired) electrons. The average Bonchev–Trinajstić information content (AvgIpc) is 2.86. The van der Waals surface area contributed by atoms with Crippen molar-refractivity contribution in [2.45, 2.75) is 50.2 Å². The molecule has 1 aliphatic heterocycles. The first kappa shape index (κ1) is 20.2. The molecule has 1 aromatic carbocycles. The number of hydrogen-bond acceptors (Lipinski definition) is 4. The summed E-state index contributed by atoms with van der Waals surface area (Å²) in [7, 11) is 1.88. The number of pyridine rings is 1. The van der Waals surface area contributed by atoms with Crippen LogP contribution in [0.2, 0.25) is 5.02 Å². The Hall–Kier alpha value is -2.05. The molecule has 1 aliphatic rings. The molecule has 0 bridgehead atoms. The molecule has 1 amide bonds. The van der Waals surface area contributed by atoms with E-state index in [9.17, 15) is 4.79 Å². The van der Waals surface area contributed by atoms with E-state index in [0.717, 1.165) is 39.4 Å². The van der Waals surface area contributed by atoms with Gasteiger partial charge in [-0.1, -0.05) is 32.4 Å². The van der Waals surface area contributed by atoms with Crippen molar-refractivity contribution in [1.82, 2.24) is 14.8 Å². The smallest absolute Gasteiger partial charge is 0.259 e. The number of fused-ring (bicyclic) bond motifs is 2. The highest BCUT2D eigenvalue weighted by atomic mass is 35.5. The maximum absolute atomic E-state index is 13.9. The van der Waals surface area contributed by atoms with Gasteiger partial charge >= 0.3 is 0 Å². The molecule has 0 spiro atoms. The van der Waals surface area contributed by atoms with Crippen molar-refractivity contribution in [2.75, 3.05) is 11.4 Å². The highest BCUT2D eigenvalue weighted by Crippen LogP contribution is 2.40. The summed E-state index contributed by atoms with van der Waals surface area (Å²) in [5.41, 5.74) is 4.01. The molecule has 1 atom stereocenters. The van der Waals surface area contributed by atoms with Gasteiger partial charge in [-0.15, -0.1) is 11.8 Å². The zero-order valence-electron chi connectivity index (χ0n) is 17.4. The molecule has 2 aromatic heterocycles. The Kier molecular flexibility index (Phi) is 5.34. The summed E-state index contributed by atoms with van der Waals surface area (Å²) in [6, 6.07) is 7.75. The van der Waals surface area contributed by atoms with Crippen LogP contribution in [0.4, 0.5) is 5.69 Å². The summed E-state index contributed by atoms with van der Waals surface area (Å²) in [5.74, 6) is 0.191. The number of amides is 1. The summed E-state index contributed by atoms with van der Waals surface area (Å²) in [6.07, 6.45) is 0.917. The summed E-state index contributed by atoms with van der Waals surface area (Å²) in [5, 5.41) is 6.42. The molecular formula is C22H25ClN4OS. The van der Waals surface area contributed by atoms with Gasteiger partial charge in [-0.2, -0.15) is 5.10 Å². The van der Waals surface area contributed by atoms with Gasteiger partial charge in [0.2, 0.25) is 0 Å². The summed E-state index contributed by atoms with van der Waals surface area (Å²) in [6.45, 7) is 8.96. The van der Waals surface area contributed by atoms with Gasteiger partial charge in [-0.3, -0.25) is 9.48 Å². The highest BCUT2D eigenvalue weighted by Gasteiger charge is 2.28. The fourth-order valence-corrected chi connectivity index (χ4v) is 5.05. The van der Waals surface area contributed by atoms with Gasteiger partial charge in [0.15, 0.2) is 5.65 Å². The van der Waals surface area contributed by atoms with Gasteiger partial charge in [0, 0.05) is 34.5 Å². The second kappa shape index (κ2) is 7.65. The quantitative estimate of drug-likeness (QED) is 0.534. The van der Waals surface area contributed by atoms with E-state index < -0.39 is 0 Å². The third-order valence-corrected chi connectivity index (χ3v) is 6.83. The van der Waals surface area contributed by atoms with Crippen LogP contribution in [0.1, 0.15) is 54.9 Å². The molecule has 0 saturated heterocycles. The van der Waals surface area contributed by atoms with E-state index in [1.54, 1.807) is 16.4 Å². The summed E-state index contributed by atoms with van der Waals surface area (Å²) >= 11 is 8.10. The molecule has 4 rings (SSSR count). The SMILES string of the molecule is Cc1nn(C)c2nc(C(C)C)cc(C(=O)N3CC[C@@H](C)Sc4ccc(Cl)cc43)c12. The monoisotopic (exact) mass is 428 g/mol. The van der Waals surface area contributed by atoms with E-state index >= 15 is 0 Å². The van der Waals surface area contributed by atoms with Gasteiger partial charge in [0.25, 0.3) is 5.91 Å². The Balaban J connectivity index is 1.91. The maximum atomic E-state index is 13.9. The van der Waals surface area contributed by atoms with Crippen LogP contribution >= 0.6 is 23.4 Å². The lowest BCUT2D eigenvalue weighted by Gasteiger charge is -2.24. The number of halogens is 1. The van der Waals surface area contributed by atoms with Crippen LogP contribution in [0.15, 0.2) is 29.2 Å². The van der Waals surface area contributed by atoms with E-state index in [2.05, 4.69) is 25.9 Å². The Labute approximate surface area is 180 Å². The van der Waals surface area contributed by atoms with Gasteiger partial charge in [-0.25, -0.2) is 4.98 Å². The van der Waals surface area contributed by atoms with Crippen molar-refractivity contribution in [1.29, 1.82) is 0 Å². The lowest BCUT2D eigenvalue weighted by molar-refractivity contribution is 0.0988. The second-order valence-corrected chi connectivity index (χ2v) is 9.86. The summed E-state index contributed by atoms with van der Waals surface area (Å²) in [4.78, 5) is 21.6. The number of benzene rings is 1. The molecule has 3 aromatic rings. The van der Waals surface area contributed by atoms with Crippen molar-refractivity contribution in [2.24, 2.45) is 7.05 Å². The second-order valence-electron chi connectivity index (χ2n) is 7.94. The third-order valence-electron chi connectivity index (χ3n) is 5.35. The third kappa shape index (κ3) is 3.64. The Morgan fingerprint density at radius 3 is 2.79 bits per heavy atom. The topological polar surface area (TPSA) is 51.0 Å². The molecule has 3 heterocycles. The number of carbonyl (C=O) groups is 1. The highest BCUT2D eigenvalue weighted by molar-refractivity contribution is 8.00. The number of rotatable bonds is 2. The first-order valence-electron chi connectivity index (χ1n) is 9.88. The fraction of sp³-hybridized carbons (Fsp3) is 0.409. The van der Waals surface area contributed by atoms with Crippen LogP contribution in [-0.2, 0) is 7.05 Å². The minimum absolute atomic E-state index is 0.0198. The molecule has 7 heteroatoms. The molecule has 5 nitrogen and oxygen atoms in total. The first-order valence-corrected chi connectivity index (χ1v) is 11.1. The number of thioether (sulfide) groups is 1. The van der Waals surface area contributed by atoms with Crippen molar-refractivity contribution >= 4 is 46.0 Å². The molecule has 0 N–H and O–H groups in total. The Bertz CT molecular complexity index is 1110. The number of nitrogens with zero attached hydrogens (tertiary/aromatic N) is 4. The number of hydrogen-bond donors (Lipinski definition) is 0. The lowest BCUT2D eigenvalue weighted by atomic mass is 10.0. The standard InChI is InChI=1S/C22H25ClN4OS/c1-12(2)17-11-16(20-14(4)25-26(5)21(20)24-17)22(28)27-9-8-13(3)29-19-7-6-15(23)10-18(19)27/h6-7,10-13H,8-9H2,1-5H3/t13-/m1/s1. The van der Waals surface area contributed by atoms with Crippen molar-refractivity contribution in [3.05, 3.63) is 46.2 Å². The number of aryl methyl sites for hydroxylation is 2. The van der Waals surface area contributed by atoms with Crippen molar-refractivity contribution in [3.63, 3.8) is 0 Å². The van der Waals surface area contributed by atoms with Crippen molar-refractivity contribution in [3.8, 4) is 0 Å². The fourth-order valence-electron chi connectivity index (χ4n) is 3.79. The van der Waals surface area contributed by atoms with Crippen LogP contribution in [0, 0.1) is 6.92 Å². The number of carbonyl (C=O) groups excluding carboxylic acids is 1. The zero-order valence-corrected chi connectivity index (χ0v) is 18.9. The molecule has 0 fully saturated rings. The molecule has 0 saturated carbocycles. The maximum Gasteiger partial charge on any atom is 0.259 e. The Morgan fingerprint density at radius 2 is 2.07 bits per heavy atom. The van der Waals surface area contributed by atoms with E-state index in [-0.39, 0.29) is 11.8 Å². The number of anilines is 1. The lowest BCUT2D eigenvalue weighted by Crippen LogP contribution is -2.32. The van der Waals surface area contributed by atoms with Crippen molar-refractivity contribution < 1.29 is 4.79 Å². The largest absolute Gasteiger partial charge is 0.307 e. The van der Waals surface area contributed by atoms with Gasteiger partial charge < -0.3 is 4.90 Å². The molecular weight excluding hydrogens is 404 g/mol. The normalized spacial score (nSPS) is 16.9. The number of aromatic nitrogens is 3. The predicted octanol–water partition coefficient (Wildman–Crippen LogP) is 5.58. The minimum atomic E-state index is -0.0198. The van der Waals surface area contributed by atoms with E-state index in [4.69, 9.17) is 16.6 Å². The summed E-state index contributed by atoms with van der Waals surface area (Å²) < 4.78 is 1.76. The van der Waals surface area contributed by atoms with Crippen LogP contribution in [-0.4, -0.2) is 32.5 Å². The molecule has 152 valence electrons. The molecule has 0 unspecified atom stereocenters. The Morgan fingerprint density at radius 1 is 1.31 bits per heavy atom. The van der Waals surface area contributed by atoms with Gasteiger partial charge in [0.05, 0.1) is 22.3 Å². The first-order chi connectivity index (χ1) is 13.8. The minimum Gasteiger partial charge on any atom is -0.307 e. The van der Waals surface area contributed by atoms with E-state index in [1.165, 1.54) is 0 Å². The van der Waals surface area contributed by atoms with E-state index in [1.807, 2.05) is 43.1 Å². The van der Waals surface area contributed by atoms with Gasteiger partial charge in [-0.05, 0) is 43.5 Å². The molecule has 0 aliphatic carbocycles. The van der Waals surface area contributed by atoms with E-state index in [0.29, 0.717) is 22.4 Å².